The van der Waals surface area contributed by atoms with Crippen LogP contribution >= 0.6 is 11.3 Å². The number of hydrogen-bond acceptors (Lipinski definition) is 3. The van der Waals surface area contributed by atoms with Crippen LogP contribution in [0.4, 0.5) is 5.69 Å². The van der Waals surface area contributed by atoms with Crippen LogP contribution in [-0.2, 0) is 6.42 Å². The molecule has 1 aromatic carbocycles. The molecule has 0 amide bonds. The zero-order valence-electron chi connectivity index (χ0n) is 11.9. The molecule has 1 aliphatic heterocycles. The van der Waals surface area contributed by atoms with Crippen molar-refractivity contribution in [1.82, 2.24) is 9.55 Å². The number of fused-ring (bicyclic) bond motifs is 1. The summed E-state index contributed by atoms with van der Waals surface area (Å²) in [7, 11) is 0. The highest BCUT2D eigenvalue weighted by Gasteiger charge is 2.19. The molecule has 1 aliphatic rings. The molecular formula is C17H17N3S. The lowest BCUT2D eigenvalue weighted by Crippen LogP contribution is -2.06. The normalized spacial score (nSPS) is 14.7. The maximum atomic E-state index is 4.39. The van der Waals surface area contributed by atoms with Crippen molar-refractivity contribution in [1.29, 1.82) is 0 Å². The molecule has 1 N–H and O–H groups in total. The third-order valence-corrected chi connectivity index (χ3v) is 5.20. The van der Waals surface area contributed by atoms with Gasteiger partial charge in [0, 0.05) is 22.7 Å². The van der Waals surface area contributed by atoms with Gasteiger partial charge in [-0.1, -0.05) is 24.3 Å². The van der Waals surface area contributed by atoms with Gasteiger partial charge in [0.2, 0.25) is 0 Å². The highest BCUT2D eigenvalue weighted by atomic mass is 32.1. The van der Waals surface area contributed by atoms with Crippen molar-refractivity contribution in [2.24, 2.45) is 0 Å². The lowest BCUT2D eigenvalue weighted by Gasteiger charge is -2.17. The Morgan fingerprint density at radius 2 is 2.24 bits per heavy atom. The quantitative estimate of drug-likeness (QED) is 0.785. The third-order valence-electron chi connectivity index (χ3n) is 4.16. The maximum Gasteiger partial charge on any atom is 0.0956 e. The van der Waals surface area contributed by atoms with E-state index in [1.54, 1.807) is 11.3 Å². The van der Waals surface area contributed by atoms with Gasteiger partial charge in [-0.25, -0.2) is 4.98 Å². The summed E-state index contributed by atoms with van der Waals surface area (Å²) in [6, 6.07) is 11.1. The predicted octanol–water partition coefficient (Wildman–Crippen LogP) is 4.19. The van der Waals surface area contributed by atoms with Crippen molar-refractivity contribution >= 4 is 17.0 Å². The highest BCUT2D eigenvalue weighted by Crippen LogP contribution is 2.36. The van der Waals surface area contributed by atoms with Crippen molar-refractivity contribution in [2.45, 2.75) is 19.4 Å². The number of nitrogens with zero attached hydrogens (tertiary/aromatic N) is 2. The summed E-state index contributed by atoms with van der Waals surface area (Å²) in [5, 5.41) is 5.65. The third kappa shape index (κ3) is 2.07. The highest BCUT2D eigenvalue weighted by molar-refractivity contribution is 7.10. The van der Waals surface area contributed by atoms with E-state index in [0.29, 0.717) is 6.04 Å². The molecule has 0 radical (unpaired) electrons. The topological polar surface area (TPSA) is 29.9 Å². The molecule has 1 unspecified atom stereocenters. The van der Waals surface area contributed by atoms with Gasteiger partial charge in [-0.2, -0.15) is 0 Å². The SMILES string of the molecule is CC(c1cccs1)n1cncc1-c1cccc2c1NCC2. The molecule has 3 heterocycles. The molecule has 0 spiro atoms. The smallest absolute Gasteiger partial charge is 0.0956 e. The van der Waals surface area contributed by atoms with Gasteiger partial charge < -0.3 is 9.88 Å². The van der Waals surface area contributed by atoms with E-state index < -0.39 is 0 Å². The fourth-order valence-electron chi connectivity index (χ4n) is 3.04. The lowest BCUT2D eigenvalue weighted by molar-refractivity contribution is 0.656. The molecule has 0 saturated heterocycles. The van der Waals surface area contributed by atoms with Crippen LogP contribution in [0.1, 0.15) is 23.4 Å². The summed E-state index contributed by atoms with van der Waals surface area (Å²) in [6.45, 7) is 3.26. The first-order valence-corrected chi connectivity index (χ1v) is 8.14. The molecule has 3 aromatic rings. The van der Waals surface area contributed by atoms with Gasteiger partial charge in [0.15, 0.2) is 0 Å². The minimum Gasteiger partial charge on any atom is -0.384 e. The average Bonchev–Trinajstić information content (AvgIpc) is 3.24. The number of benzene rings is 1. The van der Waals surface area contributed by atoms with Gasteiger partial charge in [-0.3, -0.25) is 0 Å². The van der Waals surface area contributed by atoms with Crippen molar-refractivity contribution in [3.8, 4) is 11.3 Å². The number of thiophene rings is 1. The zero-order chi connectivity index (χ0) is 14.2. The van der Waals surface area contributed by atoms with E-state index in [1.165, 1.54) is 27.4 Å². The van der Waals surface area contributed by atoms with Crippen LogP contribution in [0.5, 0.6) is 0 Å². The Kier molecular flexibility index (Phi) is 3.04. The molecule has 0 aliphatic carbocycles. The van der Waals surface area contributed by atoms with E-state index in [4.69, 9.17) is 0 Å². The Hall–Kier alpha value is -2.07. The molecule has 0 bridgehead atoms. The second-order valence-corrected chi connectivity index (χ2v) is 6.37. The minimum absolute atomic E-state index is 0.305. The number of nitrogens with one attached hydrogen (secondary N) is 1. The summed E-state index contributed by atoms with van der Waals surface area (Å²) in [6.07, 6.45) is 5.02. The van der Waals surface area contributed by atoms with E-state index >= 15 is 0 Å². The van der Waals surface area contributed by atoms with Crippen molar-refractivity contribution < 1.29 is 0 Å². The maximum absolute atomic E-state index is 4.39. The number of para-hydroxylation sites is 1. The molecule has 4 heteroatoms. The van der Waals surface area contributed by atoms with Crippen LogP contribution in [0.2, 0.25) is 0 Å². The van der Waals surface area contributed by atoms with Crippen LogP contribution in [-0.4, -0.2) is 16.1 Å². The molecule has 21 heavy (non-hydrogen) atoms. The van der Waals surface area contributed by atoms with Crippen molar-refractivity contribution in [2.75, 3.05) is 11.9 Å². The first-order chi connectivity index (χ1) is 10.3. The minimum atomic E-state index is 0.305. The molecule has 0 saturated carbocycles. The van der Waals surface area contributed by atoms with Gasteiger partial charge in [-0.05, 0) is 30.4 Å². The predicted molar refractivity (Wildman–Crippen MR) is 88.0 cm³/mol. The first kappa shape index (κ1) is 12.7. The summed E-state index contributed by atoms with van der Waals surface area (Å²) in [4.78, 5) is 5.75. The van der Waals surface area contributed by atoms with E-state index in [1.807, 2.05) is 12.5 Å². The van der Waals surface area contributed by atoms with E-state index in [9.17, 15) is 0 Å². The number of aromatic nitrogens is 2. The van der Waals surface area contributed by atoms with Crippen molar-refractivity contribution in [3.63, 3.8) is 0 Å². The Morgan fingerprint density at radius 1 is 1.29 bits per heavy atom. The van der Waals surface area contributed by atoms with Gasteiger partial charge in [0.1, 0.15) is 0 Å². The summed E-state index contributed by atoms with van der Waals surface area (Å²) in [5.74, 6) is 0. The first-order valence-electron chi connectivity index (χ1n) is 7.26. The Bertz CT molecular complexity index is 758. The second kappa shape index (κ2) is 5.04. The van der Waals surface area contributed by atoms with Crippen molar-refractivity contribution in [3.05, 3.63) is 58.7 Å². The van der Waals surface area contributed by atoms with E-state index in [0.717, 1.165) is 13.0 Å². The summed E-state index contributed by atoms with van der Waals surface area (Å²) < 4.78 is 2.27. The molecule has 106 valence electrons. The largest absolute Gasteiger partial charge is 0.384 e. The molecule has 2 aromatic heterocycles. The fourth-order valence-corrected chi connectivity index (χ4v) is 3.82. The van der Waals surface area contributed by atoms with Crippen LogP contribution in [0, 0.1) is 0 Å². The Balaban J connectivity index is 1.81. The van der Waals surface area contributed by atoms with Gasteiger partial charge in [-0.15, -0.1) is 11.3 Å². The van der Waals surface area contributed by atoms with Crippen LogP contribution in [0.3, 0.4) is 0 Å². The molecule has 4 rings (SSSR count). The molecule has 3 nitrogen and oxygen atoms in total. The van der Waals surface area contributed by atoms with Gasteiger partial charge in [0.05, 0.1) is 24.3 Å². The van der Waals surface area contributed by atoms with Crippen LogP contribution in [0.25, 0.3) is 11.3 Å². The molecular weight excluding hydrogens is 278 g/mol. The van der Waals surface area contributed by atoms with E-state index in [-0.39, 0.29) is 0 Å². The Labute approximate surface area is 128 Å². The van der Waals surface area contributed by atoms with Gasteiger partial charge in [0.25, 0.3) is 0 Å². The standard InChI is InChI=1S/C17H17N3S/c1-12(16-6-3-9-21-16)20-11-18-10-15(20)14-5-2-4-13-7-8-19-17(13)14/h2-6,9-12,19H,7-8H2,1H3. The Morgan fingerprint density at radius 3 is 3.10 bits per heavy atom. The molecule has 0 fully saturated rings. The summed E-state index contributed by atoms with van der Waals surface area (Å²) >= 11 is 1.79. The number of rotatable bonds is 3. The monoisotopic (exact) mass is 295 g/mol. The fraction of sp³-hybridized carbons (Fsp3) is 0.235. The lowest BCUT2D eigenvalue weighted by atomic mass is 10.0. The van der Waals surface area contributed by atoms with Crippen LogP contribution in [0.15, 0.2) is 48.2 Å². The zero-order valence-corrected chi connectivity index (χ0v) is 12.7. The number of anilines is 1. The second-order valence-electron chi connectivity index (χ2n) is 5.39. The number of hydrogen-bond donors (Lipinski definition) is 1. The van der Waals surface area contributed by atoms with Gasteiger partial charge >= 0.3 is 0 Å². The molecule has 1 atom stereocenters. The summed E-state index contributed by atoms with van der Waals surface area (Å²) in [5.41, 5.74) is 5.12. The number of imidazole rings is 1. The van der Waals surface area contributed by atoms with Crippen LogP contribution < -0.4 is 5.32 Å². The average molecular weight is 295 g/mol. The van der Waals surface area contributed by atoms with E-state index in [2.05, 4.69) is 57.5 Å².